The fourth-order valence-electron chi connectivity index (χ4n) is 2.05. The summed E-state index contributed by atoms with van der Waals surface area (Å²) >= 11 is 0. The van der Waals surface area contributed by atoms with E-state index in [0.717, 1.165) is 5.56 Å². The molecule has 0 aliphatic carbocycles. The van der Waals surface area contributed by atoms with Crippen LogP contribution in [0.3, 0.4) is 0 Å². The second kappa shape index (κ2) is 8.50. The number of nitrogens with zero attached hydrogens (tertiary/aromatic N) is 2. The molecule has 25 heavy (non-hydrogen) atoms. The first-order valence-corrected chi connectivity index (χ1v) is 7.70. The average molecular weight is 337 g/mol. The van der Waals surface area contributed by atoms with E-state index in [4.69, 9.17) is 10.00 Å². The lowest BCUT2D eigenvalue weighted by atomic mass is 10.1. The number of carbonyl (C=O) groups is 2. The maximum atomic E-state index is 11.8. The number of ether oxygens (including phenoxy) is 1. The molecule has 0 heterocycles. The number of nitrogens with one attached hydrogen (secondary N) is 1. The van der Waals surface area contributed by atoms with Crippen LogP contribution in [-0.2, 0) is 11.3 Å². The lowest BCUT2D eigenvalue weighted by Gasteiger charge is -2.11. The Morgan fingerprint density at radius 3 is 2.28 bits per heavy atom. The van der Waals surface area contributed by atoms with Crippen molar-refractivity contribution in [1.29, 1.82) is 5.26 Å². The molecule has 0 radical (unpaired) electrons. The van der Waals surface area contributed by atoms with Gasteiger partial charge in [0.05, 0.1) is 11.6 Å². The van der Waals surface area contributed by atoms with Gasteiger partial charge >= 0.3 is 0 Å². The molecular formula is C19H19N3O3. The van der Waals surface area contributed by atoms with Crippen LogP contribution in [0.15, 0.2) is 48.5 Å². The summed E-state index contributed by atoms with van der Waals surface area (Å²) in [6.07, 6.45) is 0. The predicted molar refractivity (Wildman–Crippen MR) is 93.0 cm³/mol. The van der Waals surface area contributed by atoms with Gasteiger partial charge in [-0.15, -0.1) is 0 Å². The Hall–Kier alpha value is -3.33. The molecule has 2 rings (SSSR count). The molecule has 6 nitrogen and oxygen atoms in total. The summed E-state index contributed by atoms with van der Waals surface area (Å²) in [4.78, 5) is 25.1. The Balaban J connectivity index is 1.79. The van der Waals surface area contributed by atoms with Crippen LogP contribution in [0.5, 0.6) is 5.75 Å². The summed E-state index contributed by atoms with van der Waals surface area (Å²) in [5.74, 6) is 0.213. The first kappa shape index (κ1) is 18.0. The minimum absolute atomic E-state index is 0.0635. The zero-order valence-corrected chi connectivity index (χ0v) is 14.2. The van der Waals surface area contributed by atoms with Gasteiger partial charge in [-0.2, -0.15) is 5.26 Å². The third kappa shape index (κ3) is 5.36. The molecule has 0 aromatic heterocycles. The highest BCUT2D eigenvalue weighted by Gasteiger charge is 2.08. The molecule has 0 spiro atoms. The van der Waals surface area contributed by atoms with Crippen LogP contribution in [0.1, 0.15) is 21.5 Å². The van der Waals surface area contributed by atoms with Crippen LogP contribution in [0.4, 0.5) is 0 Å². The van der Waals surface area contributed by atoms with Crippen LogP contribution < -0.4 is 10.1 Å². The molecule has 6 heteroatoms. The molecule has 2 aromatic rings. The number of hydrogen-bond donors (Lipinski definition) is 1. The highest BCUT2D eigenvalue weighted by molar-refractivity contribution is 5.93. The van der Waals surface area contributed by atoms with Gasteiger partial charge in [-0.1, -0.05) is 12.1 Å². The second-order valence-corrected chi connectivity index (χ2v) is 5.60. The third-order valence-electron chi connectivity index (χ3n) is 3.45. The summed E-state index contributed by atoms with van der Waals surface area (Å²) in [5, 5.41) is 11.5. The quantitative estimate of drug-likeness (QED) is 0.873. The predicted octanol–water partition coefficient (Wildman–Crippen LogP) is 1.96. The number of rotatable bonds is 6. The largest absolute Gasteiger partial charge is 0.484 e. The summed E-state index contributed by atoms with van der Waals surface area (Å²) in [5.41, 5.74) is 2.03. The van der Waals surface area contributed by atoms with Crippen molar-refractivity contribution >= 4 is 11.8 Å². The summed E-state index contributed by atoms with van der Waals surface area (Å²) in [6.45, 7) is 0.245. The summed E-state index contributed by atoms with van der Waals surface area (Å²) in [6, 6.07) is 15.6. The number of benzene rings is 2. The van der Waals surface area contributed by atoms with Crippen molar-refractivity contribution in [2.24, 2.45) is 0 Å². The van der Waals surface area contributed by atoms with Gasteiger partial charge in [0, 0.05) is 26.2 Å². The Bertz CT molecular complexity index is 775. The SMILES string of the molecule is CN(C)C(=O)c1ccc(CNC(=O)COc2ccc(C#N)cc2)cc1. The molecule has 1 N–H and O–H groups in total. The van der Waals surface area contributed by atoms with E-state index in [1.165, 1.54) is 4.90 Å². The van der Waals surface area contributed by atoms with Crippen LogP contribution in [0.2, 0.25) is 0 Å². The van der Waals surface area contributed by atoms with Gasteiger partial charge in [0.2, 0.25) is 0 Å². The van der Waals surface area contributed by atoms with Crippen molar-refractivity contribution < 1.29 is 14.3 Å². The molecule has 2 aromatic carbocycles. The Morgan fingerprint density at radius 2 is 1.72 bits per heavy atom. The van der Waals surface area contributed by atoms with Crippen molar-refractivity contribution in [1.82, 2.24) is 10.2 Å². The van der Waals surface area contributed by atoms with Crippen LogP contribution >= 0.6 is 0 Å². The highest BCUT2D eigenvalue weighted by atomic mass is 16.5. The molecule has 0 aliphatic heterocycles. The molecule has 0 atom stereocenters. The Kier molecular flexibility index (Phi) is 6.13. The minimum Gasteiger partial charge on any atom is -0.484 e. The molecule has 0 unspecified atom stereocenters. The van der Waals surface area contributed by atoms with E-state index in [2.05, 4.69) is 5.32 Å². The summed E-state index contributed by atoms with van der Waals surface area (Å²) < 4.78 is 5.36. The zero-order valence-electron chi connectivity index (χ0n) is 14.2. The molecule has 0 saturated carbocycles. The van der Waals surface area contributed by atoms with E-state index in [9.17, 15) is 9.59 Å². The van der Waals surface area contributed by atoms with Crippen LogP contribution in [0, 0.1) is 11.3 Å². The normalized spacial score (nSPS) is 9.80. The first-order valence-electron chi connectivity index (χ1n) is 7.70. The van der Waals surface area contributed by atoms with Gasteiger partial charge in [0.15, 0.2) is 6.61 Å². The second-order valence-electron chi connectivity index (χ2n) is 5.60. The topological polar surface area (TPSA) is 82.4 Å². The smallest absolute Gasteiger partial charge is 0.258 e. The van der Waals surface area contributed by atoms with Gasteiger partial charge in [-0.05, 0) is 42.0 Å². The van der Waals surface area contributed by atoms with Gasteiger partial charge in [-0.25, -0.2) is 0 Å². The van der Waals surface area contributed by atoms with E-state index >= 15 is 0 Å². The summed E-state index contributed by atoms with van der Waals surface area (Å²) in [7, 11) is 3.40. The zero-order chi connectivity index (χ0) is 18.2. The van der Waals surface area contributed by atoms with Crippen molar-refractivity contribution in [3.8, 4) is 11.8 Å². The molecule has 128 valence electrons. The fraction of sp³-hybridized carbons (Fsp3) is 0.211. The first-order chi connectivity index (χ1) is 12.0. The van der Waals surface area contributed by atoms with E-state index in [-0.39, 0.29) is 18.4 Å². The monoisotopic (exact) mass is 337 g/mol. The Morgan fingerprint density at radius 1 is 1.08 bits per heavy atom. The highest BCUT2D eigenvalue weighted by Crippen LogP contribution is 2.11. The minimum atomic E-state index is -0.252. The standard InChI is InChI=1S/C19H19N3O3/c1-22(2)19(24)16-7-3-15(4-8-16)12-21-18(23)13-25-17-9-5-14(11-20)6-10-17/h3-10H,12-13H2,1-2H3,(H,21,23). The lowest BCUT2D eigenvalue weighted by Crippen LogP contribution is -2.28. The average Bonchev–Trinajstić information content (AvgIpc) is 2.64. The third-order valence-corrected chi connectivity index (χ3v) is 3.45. The van der Waals surface area contributed by atoms with Gasteiger partial charge in [-0.3, -0.25) is 9.59 Å². The van der Waals surface area contributed by atoms with Gasteiger partial charge in [0.1, 0.15) is 5.75 Å². The van der Waals surface area contributed by atoms with E-state index < -0.39 is 0 Å². The number of amides is 2. The van der Waals surface area contributed by atoms with Crippen molar-refractivity contribution in [2.75, 3.05) is 20.7 Å². The molecule has 0 bridgehead atoms. The Labute approximate surface area is 146 Å². The van der Waals surface area contributed by atoms with Crippen LogP contribution in [-0.4, -0.2) is 37.4 Å². The van der Waals surface area contributed by atoms with E-state index in [1.807, 2.05) is 6.07 Å². The molecule has 0 aliphatic rings. The van der Waals surface area contributed by atoms with Gasteiger partial charge in [0.25, 0.3) is 11.8 Å². The lowest BCUT2D eigenvalue weighted by molar-refractivity contribution is -0.123. The number of carbonyl (C=O) groups excluding carboxylic acids is 2. The van der Waals surface area contributed by atoms with Crippen molar-refractivity contribution in [3.63, 3.8) is 0 Å². The van der Waals surface area contributed by atoms with Crippen LogP contribution in [0.25, 0.3) is 0 Å². The molecule has 0 fully saturated rings. The van der Waals surface area contributed by atoms with Gasteiger partial charge < -0.3 is 15.0 Å². The molecular weight excluding hydrogens is 318 g/mol. The van der Waals surface area contributed by atoms with Crippen molar-refractivity contribution in [3.05, 3.63) is 65.2 Å². The maximum Gasteiger partial charge on any atom is 0.258 e. The van der Waals surface area contributed by atoms with E-state index in [0.29, 0.717) is 23.4 Å². The molecule has 0 saturated heterocycles. The number of hydrogen-bond acceptors (Lipinski definition) is 4. The van der Waals surface area contributed by atoms with E-state index in [1.54, 1.807) is 62.6 Å². The maximum absolute atomic E-state index is 11.8. The number of nitriles is 1. The molecule has 2 amide bonds. The fourth-order valence-corrected chi connectivity index (χ4v) is 2.05. The van der Waals surface area contributed by atoms with Crippen molar-refractivity contribution in [2.45, 2.75) is 6.54 Å².